The van der Waals surface area contributed by atoms with Gasteiger partial charge in [0.05, 0.1) is 10.6 Å². The lowest BCUT2D eigenvalue weighted by Gasteiger charge is -2.16. The topological polar surface area (TPSA) is 51.0 Å². The second-order valence-electron chi connectivity index (χ2n) is 5.37. The van der Waals surface area contributed by atoms with Gasteiger partial charge in [0, 0.05) is 20.6 Å². The third kappa shape index (κ3) is 3.85. The Balaban J connectivity index is 1.58. The number of carbonyl (C=O) groups excluding carboxylic acids is 1. The van der Waals surface area contributed by atoms with E-state index in [0.717, 1.165) is 21.4 Å². The number of rotatable bonds is 6. The molecule has 24 heavy (non-hydrogen) atoms. The predicted molar refractivity (Wildman–Crippen MR) is 98.0 cm³/mol. The Hall–Kier alpha value is -2.12. The van der Waals surface area contributed by atoms with Crippen molar-refractivity contribution < 1.29 is 4.79 Å². The maximum absolute atomic E-state index is 12.3. The highest BCUT2D eigenvalue weighted by molar-refractivity contribution is 7.99. The zero-order chi connectivity index (χ0) is 16.9. The highest BCUT2D eigenvalue weighted by atomic mass is 32.2. The minimum absolute atomic E-state index is 0.0736. The standard InChI is InChI=1S/C17H18N4OS2/c1-20(11-13-7-4-3-5-8-13)15(22)12-24-17-19-18-16(21(17)2)14-9-6-10-23-14/h3-10H,11-12H2,1-2H3. The van der Waals surface area contributed by atoms with Crippen LogP contribution >= 0.6 is 23.1 Å². The number of hydrogen-bond donors (Lipinski definition) is 0. The quantitative estimate of drug-likeness (QED) is 0.635. The van der Waals surface area contributed by atoms with Crippen molar-refractivity contribution in [3.05, 3.63) is 53.4 Å². The zero-order valence-electron chi connectivity index (χ0n) is 13.5. The summed E-state index contributed by atoms with van der Waals surface area (Å²) in [7, 11) is 3.75. The summed E-state index contributed by atoms with van der Waals surface area (Å²) in [6, 6.07) is 14.0. The molecule has 1 amide bonds. The minimum Gasteiger partial charge on any atom is -0.341 e. The van der Waals surface area contributed by atoms with E-state index in [4.69, 9.17) is 0 Å². The molecule has 0 fully saturated rings. The smallest absolute Gasteiger partial charge is 0.233 e. The van der Waals surface area contributed by atoms with Gasteiger partial charge in [-0.15, -0.1) is 21.5 Å². The summed E-state index contributed by atoms with van der Waals surface area (Å²) in [5, 5.41) is 11.2. The summed E-state index contributed by atoms with van der Waals surface area (Å²) in [4.78, 5) is 15.1. The summed E-state index contributed by atoms with van der Waals surface area (Å²) in [6.07, 6.45) is 0. The van der Waals surface area contributed by atoms with E-state index in [1.165, 1.54) is 11.8 Å². The van der Waals surface area contributed by atoms with Crippen LogP contribution in [-0.2, 0) is 18.4 Å². The minimum atomic E-state index is 0.0736. The summed E-state index contributed by atoms with van der Waals surface area (Å²) >= 11 is 3.04. The van der Waals surface area contributed by atoms with E-state index in [1.807, 2.05) is 66.5 Å². The first-order chi connectivity index (χ1) is 11.6. The van der Waals surface area contributed by atoms with Gasteiger partial charge in [-0.1, -0.05) is 48.2 Å². The van der Waals surface area contributed by atoms with Crippen LogP contribution in [0.3, 0.4) is 0 Å². The van der Waals surface area contributed by atoms with Crippen LogP contribution in [0.5, 0.6) is 0 Å². The molecule has 5 nitrogen and oxygen atoms in total. The maximum Gasteiger partial charge on any atom is 0.233 e. The molecule has 7 heteroatoms. The number of hydrogen-bond acceptors (Lipinski definition) is 5. The molecule has 0 saturated carbocycles. The third-order valence-corrected chi connectivity index (χ3v) is 5.46. The Labute approximate surface area is 149 Å². The van der Waals surface area contributed by atoms with Gasteiger partial charge in [-0.3, -0.25) is 4.79 Å². The van der Waals surface area contributed by atoms with Gasteiger partial charge in [-0.2, -0.15) is 0 Å². The van der Waals surface area contributed by atoms with Crippen LogP contribution in [0, 0.1) is 0 Å². The van der Waals surface area contributed by atoms with Crippen LogP contribution in [-0.4, -0.2) is 38.4 Å². The lowest BCUT2D eigenvalue weighted by atomic mass is 10.2. The SMILES string of the molecule is CN(Cc1ccccc1)C(=O)CSc1nnc(-c2cccs2)n1C. The highest BCUT2D eigenvalue weighted by Gasteiger charge is 2.15. The predicted octanol–water partition coefficient (Wildman–Crippen LogP) is 3.29. The Kier molecular flexibility index (Phi) is 5.32. The fourth-order valence-corrected chi connectivity index (χ4v) is 3.84. The van der Waals surface area contributed by atoms with E-state index in [0.29, 0.717) is 12.3 Å². The number of thioether (sulfide) groups is 1. The highest BCUT2D eigenvalue weighted by Crippen LogP contribution is 2.26. The van der Waals surface area contributed by atoms with E-state index < -0.39 is 0 Å². The zero-order valence-corrected chi connectivity index (χ0v) is 15.2. The summed E-state index contributed by atoms with van der Waals surface area (Å²) in [6.45, 7) is 0.611. The first-order valence-corrected chi connectivity index (χ1v) is 9.35. The lowest BCUT2D eigenvalue weighted by Crippen LogP contribution is -2.27. The molecule has 3 rings (SSSR count). The Bertz CT molecular complexity index is 799. The molecule has 1 aromatic carbocycles. The first kappa shape index (κ1) is 16.7. The molecule has 0 radical (unpaired) electrons. The third-order valence-electron chi connectivity index (χ3n) is 3.59. The van der Waals surface area contributed by atoms with Gasteiger partial charge < -0.3 is 9.47 Å². The molecule has 3 aromatic rings. The van der Waals surface area contributed by atoms with Crippen LogP contribution in [0.2, 0.25) is 0 Å². The van der Waals surface area contributed by atoms with Gasteiger partial charge in [-0.05, 0) is 17.0 Å². The number of thiophene rings is 1. The molecular weight excluding hydrogens is 340 g/mol. The maximum atomic E-state index is 12.3. The van der Waals surface area contributed by atoms with Crippen molar-refractivity contribution >= 4 is 29.0 Å². The molecule has 0 aliphatic heterocycles. The Morgan fingerprint density at radius 1 is 1.21 bits per heavy atom. The molecule has 2 heterocycles. The van der Waals surface area contributed by atoms with Gasteiger partial charge in [0.2, 0.25) is 5.91 Å². The van der Waals surface area contributed by atoms with Gasteiger partial charge >= 0.3 is 0 Å². The average Bonchev–Trinajstić information content (AvgIpc) is 3.23. The fourth-order valence-electron chi connectivity index (χ4n) is 2.24. The van der Waals surface area contributed by atoms with Crippen molar-refractivity contribution in [3.8, 4) is 10.7 Å². The second-order valence-corrected chi connectivity index (χ2v) is 7.26. The molecule has 2 aromatic heterocycles. The summed E-state index contributed by atoms with van der Waals surface area (Å²) < 4.78 is 1.93. The monoisotopic (exact) mass is 358 g/mol. The molecule has 0 saturated heterocycles. The van der Waals surface area contributed by atoms with Gasteiger partial charge in [0.15, 0.2) is 11.0 Å². The van der Waals surface area contributed by atoms with Crippen molar-refractivity contribution in [2.75, 3.05) is 12.8 Å². The second kappa shape index (κ2) is 7.63. The van der Waals surface area contributed by atoms with Gasteiger partial charge in [0.25, 0.3) is 0 Å². The van der Waals surface area contributed by atoms with E-state index in [2.05, 4.69) is 10.2 Å². The molecule has 0 N–H and O–H groups in total. The number of nitrogens with zero attached hydrogens (tertiary/aromatic N) is 4. The van der Waals surface area contributed by atoms with Crippen LogP contribution < -0.4 is 0 Å². The fraction of sp³-hybridized carbons (Fsp3) is 0.235. The number of amides is 1. The van der Waals surface area contributed by atoms with Crippen molar-refractivity contribution in [3.63, 3.8) is 0 Å². The molecule has 0 bridgehead atoms. The van der Waals surface area contributed by atoms with E-state index in [9.17, 15) is 4.79 Å². The van der Waals surface area contributed by atoms with E-state index in [1.54, 1.807) is 16.2 Å². The van der Waals surface area contributed by atoms with Gasteiger partial charge in [0.1, 0.15) is 0 Å². The van der Waals surface area contributed by atoms with Crippen molar-refractivity contribution in [1.29, 1.82) is 0 Å². The molecule has 0 aliphatic carbocycles. The van der Waals surface area contributed by atoms with Crippen molar-refractivity contribution in [2.45, 2.75) is 11.7 Å². The average molecular weight is 358 g/mol. The molecular formula is C17H18N4OS2. The Morgan fingerprint density at radius 3 is 2.71 bits per heavy atom. The lowest BCUT2D eigenvalue weighted by molar-refractivity contribution is -0.127. The molecule has 124 valence electrons. The number of carbonyl (C=O) groups is 1. The number of benzene rings is 1. The Morgan fingerprint density at radius 2 is 2.00 bits per heavy atom. The molecule has 0 unspecified atom stereocenters. The van der Waals surface area contributed by atoms with Crippen LogP contribution in [0.4, 0.5) is 0 Å². The molecule has 0 atom stereocenters. The normalized spacial score (nSPS) is 10.8. The first-order valence-electron chi connectivity index (χ1n) is 7.49. The van der Waals surface area contributed by atoms with Crippen LogP contribution in [0.15, 0.2) is 53.0 Å². The van der Waals surface area contributed by atoms with Crippen molar-refractivity contribution in [2.24, 2.45) is 7.05 Å². The summed E-state index contributed by atoms with van der Waals surface area (Å²) in [5.41, 5.74) is 1.12. The van der Waals surface area contributed by atoms with Gasteiger partial charge in [-0.25, -0.2) is 0 Å². The summed E-state index contributed by atoms with van der Waals surface area (Å²) in [5.74, 6) is 1.25. The van der Waals surface area contributed by atoms with E-state index >= 15 is 0 Å². The largest absolute Gasteiger partial charge is 0.341 e. The molecule has 0 spiro atoms. The van der Waals surface area contributed by atoms with Crippen LogP contribution in [0.25, 0.3) is 10.7 Å². The van der Waals surface area contributed by atoms with E-state index in [-0.39, 0.29) is 5.91 Å². The van der Waals surface area contributed by atoms with Crippen molar-refractivity contribution in [1.82, 2.24) is 19.7 Å². The number of aromatic nitrogens is 3. The molecule has 0 aliphatic rings. The van der Waals surface area contributed by atoms with Crippen LogP contribution in [0.1, 0.15) is 5.56 Å².